The first-order valence-electron chi connectivity index (χ1n) is 5.56. The van der Waals surface area contributed by atoms with E-state index in [1.165, 1.54) is 0 Å². The number of hydrogen-bond donors (Lipinski definition) is 2. The van der Waals surface area contributed by atoms with E-state index in [0.29, 0.717) is 6.42 Å². The fourth-order valence-corrected chi connectivity index (χ4v) is 1.85. The molecule has 0 bridgehead atoms. The van der Waals surface area contributed by atoms with Gasteiger partial charge in [-0.1, -0.05) is 24.3 Å². The van der Waals surface area contributed by atoms with Gasteiger partial charge in [0.25, 0.3) is 0 Å². The van der Waals surface area contributed by atoms with E-state index in [4.69, 9.17) is 5.73 Å². The van der Waals surface area contributed by atoms with E-state index in [9.17, 15) is 14.7 Å². The molecule has 0 saturated heterocycles. The van der Waals surface area contributed by atoms with Crippen LogP contribution in [0.15, 0.2) is 36.4 Å². The van der Waals surface area contributed by atoms with Gasteiger partial charge in [-0.3, -0.25) is 9.59 Å². The number of carbonyl (C=O) groups excluding carboxylic acids is 2. The zero-order chi connectivity index (χ0) is 13.1. The molecule has 0 unspecified atom stereocenters. The van der Waals surface area contributed by atoms with Crippen molar-refractivity contribution in [2.75, 3.05) is 0 Å². The summed E-state index contributed by atoms with van der Waals surface area (Å²) in [6.45, 7) is 0. The fraction of sp³-hybridized carbons (Fsp3) is 0.143. The van der Waals surface area contributed by atoms with Crippen LogP contribution in [0.2, 0.25) is 0 Å². The topological polar surface area (TPSA) is 80.4 Å². The highest BCUT2D eigenvalue weighted by atomic mass is 16.3. The zero-order valence-electron chi connectivity index (χ0n) is 9.67. The van der Waals surface area contributed by atoms with E-state index >= 15 is 0 Å². The second-order valence-electron chi connectivity index (χ2n) is 4.20. The summed E-state index contributed by atoms with van der Waals surface area (Å²) in [5.41, 5.74) is 6.49. The molecule has 92 valence electrons. The lowest BCUT2D eigenvalue weighted by molar-refractivity contribution is -0.130. The molecule has 2 aromatic carbocycles. The number of rotatable bonds is 4. The maximum absolute atomic E-state index is 11.1. The van der Waals surface area contributed by atoms with Crippen LogP contribution in [0.5, 0.6) is 5.75 Å². The lowest BCUT2D eigenvalue weighted by Gasteiger charge is -2.08. The summed E-state index contributed by atoms with van der Waals surface area (Å²) >= 11 is 0. The number of aldehydes is 1. The number of ketones is 1. The molecule has 0 amide bonds. The smallest absolute Gasteiger partial charge is 0.212 e. The summed E-state index contributed by atoms with van der Waals surface area (Å²) in [5, 5.41) is 11.2. The minimum Gasteiger partial charge on any atom is -0.508 e. The predicted molar refractivity (Wildman–Crippen MR) is 68.4 cm³/mol. The molecule has 0 spiro atoms. The van der Waals surface area contributed by atoms with Gasteiger partial charge in [-0.25, -0.2) is 0 Å². The van der Waals surface area contributed by atoms with Crippen LogP contribution in [-0.4, -0.2) is 23.2 Å². The predicted octanol–water partition coefficient (Wildman–Crippen LogP) is 1.18. The molecule has 0 fully saturated rings. The molecule has 0 aliphatic heterocycles. The first kappa shape index (κ1) is 12.3. The minimum absolute atomic E-state index is 0.211. The average Bonchev–Trinajstić information content (AvgIpc) is 2.38. The van der Waals surface area contributed by atoms with Gasteiger partial charge in [0.2, 0.25) is 5.78 Å². The molecule has 2 rings (SSSR count). The average molecular weight is 243 g/mol. The summed E-state index contributed by atoms with van der Waals surface area (Å²) in [5.74, 6) is -0.385. The van der Waals surface area contributed by atoms with Crippen LogP contribution in [0.3, 0.4) is 0 Å². The van der Waals surface area contributed by atoms with Gasteiger partial charge in [0.1, 0.15) is 5.75 Å². The summed E-state index contributed by atoms with van der Waals surface area (Å²) in [7, 11) is 0. The van der Waals surface area contributed by atoms with Crippen molar-refractivity contribution in [2.24, 2.45) is 5.73 Å². The van der Waals surface area contributed by atoms with Crippen LogP contribution in [0, 0.1) is 0 Å². The number of Topliss-reactive ketones (excluding diaryl/α,β-unsaturated/α-hetero) is 1. The number of hydrogen-bond acceptors (Lipinski definition) is 4. The Balaban J connectivity index is 2.27. The van der Waals surface area contributed by atoms with E-state index < -0.39 is 11.8 Å². The fourth-order valence-electron chi connectivity index (χ4n) is 1.85. The van der Waals surface area contributed by atoms with Gasteiger partial charge in [-0.05, 0) is 34.9 Å². The Hall–Kier alpha value is -2.20. The van der Waals surface area contributed by atoms with Crippen LogP contribution >= 0.6 is 0 Å². The second kappa shape index (κ2) is 4.98. The van der Waals surface area contributed by atoms with Crippen LogP contribution in [0.4, 0.5) is 0 Å². The quantitative estimate of drug-likeness (QED) is 0.624. The molecule has 4 nitrogen and oxygen atoms in total. The standard InChI is InChI=1S/C14H13NO3/c15-13(14(18)8-16)6-9-1-2-11-7-12(17)4-3-10(11)5-9/h1-5,7-8,13,17H,6,15H2/t13-/m0/s1. The zero-order valence-corrected chi connectivity index (χ0v) is 9.67. The van der Waals surface area contributed by atoms with Gasteiger partial charge >= 0.3 is 0 Å². The third-order valence-electron chi connectivity index (χ3n) is 2.83. The molecule has 0 saturated carbocycles. The molecule has 0 heterocycles. The number of carbonyl (C=O) groups is 2. The number of fused-ring (bicyclic) bond motifs is 1. The number of aromatic hydroxyl groups is 1. The Morgan fingerprint density at radius 2 is 1.89 bits per heavy atom. The molecular weight excluding hydrogens is 230 g/mol. The van der Waals surface area contributed by atoms with Gasteiger partial charge in [0.15, 0.2) is 6.29 Å². The normalized spacial score (nSPS) is 12.3. The molecule has 0 aromatic heterocycles. The lowest BCUT2D eigenvalue weighted by Crippen LogP contribution is -2.33. The number of phenolic OH excluding ortho intramolecular Hbond substituents is 1. The van der Waals surface area contributed by atoms with Crippen molar-refractivity contribution in [1.82, 2.24) is 0 Å². The highest BCUT2D eigenvalue weighted by Crippen LogP contribution is 2.21. The van der Waals surface area contributed by atoms with Crippen LogP contribution < -0.4 is 5.73 Å². The molecule has 18 heavy (non-hydrogen) atoms. The van der Waals surface area contributed by atoms with Crippen molar-refractivity contribution in [1.29, 1.82) is 0 Å². The largest absolute Gasteiger partial charge is 0.508 e. The van der Waals surface area contributed by atoms with Crippen molar-refractivity contribution in [3.63, 3.8) is 0 Å². The third kappa shape index (κ3) is 2.55. The molecule has 4 heteroatoms. The molecule has 2 aromatic rings. The Labute approximate surface area is 104 Å². The van der Waals surface area contributed by atoms with Crippen LogP contribution in [0.1, 0.15) is 5.56 Å². The van der Waals surface area contributed by atoms with Gasteiger partial charge in [0, 0.05) is 0 Å². The number of phenols is 1. The minimum atomic E-state index is -0.794. The summed E-state index contributed by atoms with van der Waals surface area (Å²) < 4.78 is 0. The lowest BCUT2D eigenvalue weighted by atomic mass is 10.0. The Bertz CT molecular complexity index is 607. The monoisotopic (exact) mass is 243 g/mol. The first-order valence-corrected chi connectivity index (χ1v) is 5.56. The molecule has 0 aliphatic rings. The molecular formula is C14H13NO3. The Morgan fingerprint density at radius 1 is 1.22 bits per heavy atom. The van der Waals surface area contributed by atoms with Gasteiger partial charge in [0.05, 0.1) is 6.04 Å². The van der Waals surface area contributed by atoms with Gasteiger partial charge in [-0.2, -0.15) is 0 Å². The van der Waals surface area contributed by atoms with E-state index in [2.05, 4.69) is 0 Å². The van der Waals surface area contributed by atoms with E-state index in [1.54, 1.807) is 18.2 Å². The van der Waals surface area contributed by atoms with Crippen molar-refractivity contribution in [3.8, 4) is 5.75 Å². The van der Waals surface area contributed by atoms with Crippen molar-refractivity contribution < 1.29 is 14.7 Å². The highest BCUT2D eigenvalue weighted by molar-refractivity contribution is 6.27. The van der Waals surface area contributed by atoms with Crippen molar-refractivity contribution in [2.45, 2.75) is 12.5 Å². The highest BCUT2D eigenvalue weighted by Gasteiger charge is 2.12. The summed E-state index contributed by atoms with van der Waals surface area (Å²) in [6.07, 6.45) is 0.581. The Morgan fingerprint density at radius 3 is 2.61 bits per heavy atom. The van der Waals surface area contributed by atoms with E-state index in [1.807, 2.05) is 18.2 Å². The van der Waals surface area contributed by atoms with Crippen LogP contribution in [0.25, 0.3) is 10.8 Å². The van der Waals surface area contributed by atoms with E-state index in [0.717, 1.165) is 16.3 Å². The van der Waals surface area contributed by atoms with Crippen molar-refractivity contribution >= 4 is 22.8 Å². The van der Waals surface area contributed by atoms with Gasteiger partial charge in [-0.15, -0.1) is 0 Å². The summed E-state index contributed by atoms with van der Waals surface area (Å²) in [6, 6.07) is 9.84. The maximum atomic E-state index is 11.1. The first-order chi connectivity index (χ1) is 8.60. The third-order valence-corrected chi connectivity index (χ3v) is 2.83. The van der Waals surface area contributed by atoms with Gasteiger partial charge < -0.3 is 10.8 Å². The molecule has 0 aliphatic carbocycles. The molecule has 0 radical (unpaired) electrons. The molecule has 1 atom stereocenters. The van der Waals surface area contributed by atoms with Crippen molar-refractivity contribution in [3.05, 3.63) is 42.0 Å². The SMILES string of the molecule is N[C@@H](Cc1ccc2cc(O)ccc2c1)C(=O)C=O. The van der Waals surface area contributed by atoms with E-state index in [-0.39, 0.29) is 12.0 Å². The Kier molecular flexibility index (Phi) is 3.39. The maximum Gasteiger partial charge on any atom is 0.212 e. The molecule has 3 N–H and O–H groups in total. The summed E-state index contributed by atoms with van der Waals surface area (Å²) in [4.78, 5) is 21.4. The van der Waals surface area contributed by atoms with Crippen LogP contribution in [-0.2, 0) is 16.0 Å². The second-order valence-corrected chi connectivity index (χ2v) is 4.20. The number of nitrogens with two attached hydrogens (primary N) is 1. The number of benzene rings is 2.